The van der Waals surface area contributed by atoms with E-state index in [9.17, 15) is 4.79 Å². The van der Waals surface area contributed by atoms with Crippen LogP contribution in [0, 0.1) is 0 Å². The zero-order valence-electron chi connectivity index (χ0n) is 14.2. The van der Waals surface area contributed by atoms with Crippen molar-refractivity contribution in [2.45, 2.75) is 58.0 Å². The van der Waals surface area contributed by atoms with Crippen LogP contribution in [0.5, 0.6) is 5.75 Å². The van der Waals surface area contributed by atoms with E-state index in [1.165, 1.54) is 0 Å². The second-order valence-corrected chi connectivity index (χ2v) is 6.15. The molecule has 0 aromatic heterocycles. The molecule has 1 amide bonds. The molecule has 0 saturated carbocycles. The molecule has 23 heavy (non-hydrogen) atoms. The average molecular weight is 341 g/mol. The molecule has 2 rings (SSSR count). The van der Waals surface area contributed by atoms with Crippen LogP contribution in [0.2, 0.25) is 0 Å². The first-order valence-electron chi connectivity index (χ1n) is 8.43. The highest BCUT2D eigenvalue weighted by Crippen LogP contribution is 2.22. The third kappa shape index (κ3) is 5.40. The van der Waals surface area contributed by atoms with Crippen LogP contribution >= 0.6 is 12.4 Å². The Morgan fingerprint density at radius 2 is 2.04 bits per heavy atom. The van der Waals surface area contributed by atoms with E-state index in [4.69, 9.17) is 10.5 Å². The van der Waals surface area contributed by atoms with Crippen LogP contribution in [0.4, 0.5) is 0 Å². The Morgan fingerprint density at radius 1 is 1.35 bits per heavy atom. The number of benzene rings is 1. The molecule has 0 spiro atoms. The molecule has 2 atom stereocenters. The highest BCUT2D eigenvalue weighted by atomic mass is 35.5. The third-order valence-corrected chi connectivity index (χ3v) is 4.28. The van der Waals surface area contributed by atoms with Crippen LogP contribution in [-0.4, -0.2) is 36.0 Å². The Hall–Kier alpha value is -1.26. The molecule has 2 unspecified atom stereocenters. The van der Waals surface area contributed by atoms with Crippen LogP contribution in [0.25, 0.3) is 0 Å². The lowest BCUT2D eigenvalue weighted by atomic mass is 9.96. The molecule has 0 bridgehead atoms. The molecule has 5 heteroatoms. The van der Waals surface area contributed by atoms with Crippen molar-refractivity contribution in [3.8, 4) is 5.75 Å². The zero-order valence-corrected chi connectivity index (χ0v) is 15.0. The van der Waals surface area contributed by atoms with Gasteiger partial charge >= 0.3 is 0 Å². The number of hydrogen-bond donors (Lipinski definition) is 1. The highest BCUT2D eigenvalue weighted by Gasteiger charge is 2.29. The van der Waals surface area contributed by atoms with Crippen molar-refractivity contribution in [1.82, 2.24) is 4.90 Å². The van der Waals surface area contributed by atoms with E-state index in [0.717, 1.165) is 56.6 Å². The fraction of sp³-hybridized carbons (Fsp3) is 0.611. The maximum absolute atomic E-state index is 12.7. The van der Waals surface area contributed by atoms with Gasteiger partial charge in [-0.15, -0.1) is 12.4 Å². The van der Waals surface area contributed by atoms with E-state index in [1.807, 2.05) is 36.1 Å². The molecule has 1 saturated heterocycles. The van der Waals surface area contributed by atoms with Crippen LogP contribution in [0.3, 0.4) is 0 Å². The predicted octanol–water partition coefficient (Wildman–Crippen LogP) is 3.63. The van der Waals surface area contributed by atoms with E-state index in [-0.39, 0.29) is 30.4 Å². The molecule has 4 nitrogen and oxygen atoms in total. The lowest BCUT2D eigenvalue weighted by Crippen LogP contribution is -2.51. The van der Waals surface area contributed by atoms with Crippen molar-refractivity contribution in [2.75, 3.05) is 13.2 Å². The second-order valence-electron chi connectivity index (χ2n) is 6.15. The Balaban J connectivity index is 0.00000264. The average Bonchev–Trinajstić information content (AvgIpc) is 2.55. The smallest absolute Gasteiger partial charge is 0.254 e. The lowest BCUT2D eigenvalue weighted by Gasteiger charge is -2.38. The fourth-order valence-electron chi connectivity index (χ4n) is 2.95. The molecular weight excluding hydrogens is 312 g/mol. The van der Waals surface area contributed by atoms with Crippen molar-refractivity contribution in [1.29, 1.82) is 0 Å². The Morgan fingerprint density at radius 3 is 2.65 bits per heavy atom. The second kappa shape index (κ2) is 9.78. The van der Waals surface area contributed by atoms with E-state index >= 15 is 0 Å². The largest absolute Gasteiger partial charge is 0.494 e. The number of carbonyl (C=O) groups is 1. The van der Waals surface area contributed by atoms with Crippen molar-refractivity contribution in [3.63, 3.8) is 0 Å². The minimum Gasteiger partial charge on any atom is -0.494 e. The van der Waals surface area contributed by atoms with Gasteiger partial charge in [-0.25, -0.2) is 0 Å². The van der Waals surface area contributed by atoms with Crippen LogP contribution < -0.4 is 10.5 Å². The quantitative estimate of drug-likeness (QED) is 0.804. The van der Waals surface area contributed by atoms with Gasteiger partial charge in [-0.05, 0) is 56.9 Å². The van der Waals surface area contributed by atoms with Crippen molar-refractivity contribution >= 4 is 18.3 Å². The molecule has 130 valence electrons. The number of hydrogen-bond acceptors (Lipinski definition) is 3. The van der Waals surface area contributed by atoms with Crippen LogP contribution in [0.1, 0.15) is 56.3 Å². The van der Waals surface area contributed by atoms with Gasteiger partial charge in [0.1, 0.15) is 5.75 Å². The highest BCUT2D eigenvalue weighted by molar-refractivity contribution is 5.94. The molecule has 1 aromatic carbocycles. The molecule has 0 aliphatic carbocycles. The molecule has 1 aliphatic heterocycles. The van der Waals surface area contributed by atoms with Gasteiger partial charge in [0.2, 0.25) is 0 Å². The monoisotopic (exact) mass is 340 g/mol. The standard InChI is InChI=1S/C18H28N2O2.ClH/c1-3-4-13-22-16-10-8-15(9-11-16)18(21)20-12-6-5-7-17(20)14(2)19;/h8-11,14,17H,3-7,12-13,19H2,1-2H3;1H. The maximum Gasteiger partial charge on any atom is 0.254 e. The van der Waals surface area contributed by atoms with E-state index in [1.54, 1.807) is 0 Å². The topological polar surface area (TPSA) is 55.6 Å². The molecule has 1 aromatic rings. The van der Waals surface area contributed by atoms with Gasteiger partial charge in [0.25, 0.3) is 5.91 Å². The number of halogens is 1. The van der Waals surface area contributed by atoms with Gasteiger partial charge < -0.3 is 15.4 Å². The predicted molar refractivity (Wildman–Crippen MR) is 96.4 cm³/mol. The van der Waals surface area contributed by atoms with E-state index in [0.29, 0.717) is 0 Å². The van der Waals surface area contributed by atoms with Crippen molar-refractivity contribution < 1.29 is 9.53 Å². The fourth-order valence-corrected chi connectivity index (χ4v) is 2.95. The van der Waals surface area contributed by atoms with Crippen molar-refractivity contribution in [2.24, 2.45) is 5.73 Å². The van der Waals surface area contributed by atoms with Crippen LogP contribution in [-0.2, 0) is 0 Å². The van der Waals surface area contributed by atoms with Gasteiger partial charge in [0.05, 0.1) is 6.61 Å². The summed E-state index contributed by atoms with van der Waals surface area (Å²) in [5, 5.41) is 0. The molecule has 2 N–H and O–H groups in total. The summed E-state index contributed by atoms with van der Waals surface area (Å²) in [6.07, 6.45) is 5.38. The number of nitrogens with two attached hydrogens (primary N) is 1. The number of carbonyl (C=O) groups excluding carboxylic acids is 1. The van der Waals surface area contributed by atoms with Crippen molar-refractivity contribution in [3.05, 3.63) is 29.8 Å². The number of ether oxygens (including phenoxy) is 1. The molecular formula is C18H29ClN2O2. The van der Waals surface area contributed by atoms with Gasteiger partial charge in [0.15, 0.2) is 0 Å². The van der Waals surface area contributed by atoms with E-state index in [2.05, 4.69) is 6.92 Å². The first-order valence-corrected chi connectivity index (χ1v) is 8.43. The summed E-state index contributed by atoms with van der Waals surface area (Å²) in [4.78, 5) is 14.7. The minimum absolute atomic E-state index is 0. The molecule has 0 radical (unpaired) electrons. The molecule has 1 aliphatic rings. The third-order valence-electron chi connectivity index (χ3n) is 4.28. The number of unbranched alkanes of at least 4 members (excludes halogenated alkanes) is 1. The number of likely N-dealkylation sites (tertiary alicyclic amines) is 1. The summed E-state index contributed by atoms with van der Waals surface area (Å²) in [7, 11) is 0. The first-order chi connectivity index (χ1) is 10.6. The zero-order chi connectivity index (χ0) is 15.9. The number of amides is 1. The summed E-state index contributed by atoms with van der Waals surface area (Å²) in [5.41, 5.74) is 6.77. The Bertz CT molecular complexity index is 476. The summed E-state index contributed by atoms with van der Waals surface area (Å²) in [6, 6.07) is 7.65. The van der Waals surface area contributed by atoms with Gasteiger partial charge in [-0.1, -0.05) is 13.3 Å². The molecule has 1 heterocycles. The van der Waals surface area contributed by atoms with Crippen LogP contribution in [0.15, 0.2) is 24.3 Å². The SMILES string of the molecule is CCCCOc1ccc(C(=O)N2CCCCC2C(C)N)cc1.Cl. The number of piperidine rings is 1. The maximum atomic E-state index is 12.7. The Labute approximate surface area is 145 Å². The van der Waals surface area contributed by atoms with Gasteiger partial charge in [-0.2, -0.15) is 0 Å². The lowest BCUT2D eigenvalue weighted by molar-refractivity contribution is 0.0584. The number of nitrogens with zero attached hydrogens (tertiary/aromatic N) is 1. The van der Waals surface area contributed by atoms with Gasteiger partial charge in [0, 0.05) is 24.2 Å². The summed E-state index contributed by atoms with van der Waals surface area (Å²) < 4.78 is 5.64. The minimum atomic E-state index is 0. The summed E-state index contributed by atoms with van der Waals surface area (Å²) >= 11 is 0. The summed E-state index contributed by atoms with van der Waals surface area (Å²) in [5.74, 6) is 0.912. The normalized spacial score (nSPS) is 18.9. The Kier molecular flexibility index (Phi) is 8.42. The first kappa shape index (κ1) is 19.8. The van der Waals surface area contributed by atoms with E-state index < -0.39 is 0 Å². The number of rotatable bonds is 6. The molecule has 1 fully saturated rings. The van der Waals surface area contributed by atoms with Gasteiger partial charge in [-0.3, -0.25) is 4.79 Å². The summed E-state index contributed by atoms with van der Waals surface area (Å²) in [6.45, 7) is 5.65.